The fourth-order valence-corrected chi connectivity index (χ4v) is 3.08. The molecule has 1 unspecified atom stereocenters. The first kappa shape index (κ1) is 17.7. The minimum Gasteiger partial charge on any atom is -0.414 e. The van der Waals surface area contributed by atoms with E-state index in [0.717, 1.165) is 18.2 Å². The predicted molar refractivity (Wildman–Crippen MR) is 92.1 cm³/mol. The summed E-state index contributed by atoms with van der Waals surface area (Å²) in [6, 6.07) is 3.27. The summed E-state index contributed by atoms with van der Waals surface area (Å²) >= 11 is 6.90. The molecule has 2 aromatic heterocycles. The average Bonchev–Trinajstić information content (AvgIpc) is 3.19. The standard InChI is InChI=1S/C15H16ClN5O3S/c1-9(14(23)18-11-5-4-10(16)7-17-11)25-15-20-19-12(24-15)8-21-6-2-3-13(21)22/h4-5,7,9H,2-3,6,8H2,1H3,(H,17,18,23). The zero-order chi connectivity index (χ0) is 17.8. The summed E-state index contributed by atoms with van der Waals surface area (Å²) in [5, 5.41) is 10.9. The van der Waals surface area contributed by atoms with E-state index in [-0.39, 0.29) is 17.0 Å². The molecule has 0 bridgehead atoms. The fraction of sp³-hybridized carbons (Fsp3) is 0.400. The normalized spacial score (nSPS) is 15.4. The Morgan fingerprint density at radius 2 is 2.32 bits per heavy atom. The van der Waals surface area contributed by atoms with Crippen LogP contribution >= 0.6 is 23.4 Å². The summed E-state index contributed by atoms with van der Waals surface area (Å²) in [7, 11) is 0. The van der Waals surface area contributed by atoms with Crippen molar-refractivity contribution in [3.8, 4) is 0 Å². The maximum atomic E-state index is 12.2. The molecule has 1 N–H and O–H groups in total. The topological polar surface area (TPSA) is 101 Å². The molecular formula is C15H16ClN5O3S. The van der Waals surface area contributed by atoms with Gasteiger partial charge >= 0.3 is 0 Å². The first-order valence-corrected chi connectivity index (χ1v) is 8.96. The van der Waals surface area contributed by atoms with Crippen molar-refractivity contribution in [2.24, 2.45) is 0 Å². The van der Waals surface area contributed by atoms with Gasteiger partial charge in [-0.25, -0.2) is 4.98 Å². The van der Waals surface area contributed by atoms with E-state index in [9.17, 15) is 9.59 Å². The third-order valence-corrected chi connectivity index (χ3v) is 4.73. The minimum atomic E-state index is -0.459. The number of likely N-dealkylation sites (tertiary alicyclic amines) is 1. The Bertz CT molecular complexity index is 767. The van der Waals surface area contributed by atoms with E-state index >= 15 is 0 Å². The molecule has 2 aromatic rings. The molecule has 1 fully saturated rings. The summed E-state index contributed by atoms with van der Waals surface area (Å²) in [6.45, 7) is 2.74. The highest BCUT2D eigenvalue weighted by Gasteiger charge is 2.23. The number of aromatic nitrogens is 3. The second-order valence-electron chi connectivity index (χ2n) is 5.49. The summed E-state index contributed by atoms with van der Waals surface area (Å²) in [6.07, 6.45) is 2.87. The highest BCUT2D eigenvalue weighted by molar-refractivity contribution is 8.00. The van der Waals surface area contributed by atoms with Gasteiger partial charge in [-0.15, -0.1) is 10.2 Å². The molecule has 1 aliphatic heterocycles. The van der Waals surface area contributed by atoms with Gasteiger partial charge < -0.3 is 14.6 Å². The third kappa shape index (κ3) is 4.70. The number of carbonyl (C=O) groups excluding carboxylic acids is 2. The summed E-state index contributed by atoms with van der Waals surface area (Å²) < 4.78 is 5.51. The number of pyridine rings is 1. The molecule has 0 aliphatic carbocycles. The maximum absolute atomic E-state index is 12.2. The van der Waals surface area contributed by atoms with Gasteiger partial charge in [-0.1, -0.05) is 23.4 Å². The molecule has 0 radical (unpaired) electrons. The van der Waals surface area contributed by atoms with Crippen molar-refractivity contribution in [1.82, 2.24) is 20.1 Å². The number of hydrogen-bond acceptors (Lipinski definition) is 7. The molecule has 132 valence electrons. The first-order valence-electron chi connectivity index (χ1n) is 7.70. The maximum Gasteiger partial charge on any atom is 0.277 e. The molecule has 25 heavy (non-hydrogen) atoms. The molecule has 0 spiro atoms. The Balaban J connectivity index is 1.53. The van der Waals surface area contributed by atoms with Crippen LogP contribution in [0.1, 0.15) is 25.7 Å². The number of carbonyl (C=O) groups is 2. The highest BCUT2D eigenvalue weighted by atomic mass is 35.5. The lowest BCUT2D eigenvalue weighted by Gasteiger charge is -2.11. The van der Waals surface area contributed by atoms with Crippen molar-refractivity contribution < 1.29 is 14.0 Å². The van der Waals surface area contributed by atoms with Crippen LogP contribution in [0.3, 0.4) is 0 Å². The molecule has 3 heterocycles. The van der Waals surface area contributed by atoms with Gasteiger partial charge in [0, 0.05) is 19.2 Å². The quantitative estimate of drug-likeness (QED) is 0.766. The Morgan fingerprint density at radius 3 is 3.00 bits per heavy atom. The van der Waals surface area contributed by atoms with Crippen LogP contribution < -0.4 is 5.32 Å². The second-order valence-corrected chi connectivity index (χ2v) is 7.22. The summed E-state index contributed by atoms with van der Waals surface area (Å²) in [5.74, 6) is 0.634. The number of nitrogens with zero attached hydrogens (tertiary/aromatic N) is 4. The van der Waals surface area contributed by atoms with E-state index in [1.54, 1.807) is 24.0 Å². The van der Waals surface area contributed by atoms with Crippen LogP contribution in [0, 0.1) is 0 Å². The van der Waals surface area contributed by atoms with Crippen molar-refractivity contribution in [2.75, 3.05) is 11.9 Å². The van der Waals surface area contributed by atoms with Crippen LogP contribution in [0.2, 0.25) is 5.02 Å². The van der Waals surface area contributed by atoms with E-state index in [2.05, 4.69) is 20.5 Å². The molecule has 1 atom stereocenters. The first-order chi connectivity index (χ1) is 12.0. The van der Waals surface area contributed by atoms with E-state index in [0.29, 0.717) is 36.2 Å². The fourth-order valence-electron chi connectivity index (χ4n) is 2.27. The van der Waals surface area contributed by atoms with Crippen molar-refractivity contribution >= 4 is 41.0 Å². The van der Waals surface area contributed by atoms with Gasteiger partial charge in [0.05, 0.1) is 16.8 Å². The Morgan fingerprint density at radius 1 is 1.48 bits per heavy atom. The third-order valence-electron chi connectivity index (χ3n) is 3.57. The SMILES string of the molecule is CC(Sc1nnc(CN2CCCC2=O)o1)C(=O)Nc1ccc(Cl)cn1. The van der Waals surface area contributed by atoms with Gasteiger partial charge in [0.2, 0.25) is 17.7 Å². The summed E-state index contributed by atoms with van der Waals surface area (Å²) in [5.41, 5.74) is 0. The van der Waals surface area contributed by atoms with E-state index in [1.165, 1.54) is 6.20 Å². The molecule has 8 nitrogen and oxygen atoms in total. The van der Waals surface area contributed by atoms with Crippen LogP contribution in [-0.4, -0.2) is 43.7 Å². The van der Waals surface area contributed by atoms with Crippen LogP contribution in [-0.2, 0) is 16.1 Å². The van der Waals surface area contributed by atoms with E-state index in [4.69, 9.17) is 16.0 Å². The Labute approximate surface area is 153 Å². The van der Waals surface area contributed by atoms with Crippen LogP contribution in [0.15, 0.2) is 28.0 Å². The van der Waals surface area contributed by atoms with Gasteiger partial charge in [0.25, 0.3) is 5.22 Å². The number of anilines is 1. The predicted octanol–water partition coefficient (Wildman–Crippen LogP) is 2.36. The molecule has 0 aromatic carbocycles. The molecule has 3 rings (SSSR count). The largest absolute Gasteiger partial charge is 0.414 e. The van der Waals surface area contributed by atoms with Crippen molar-refractivity contribution in [3.63, 3.8) is 0 Å². The number of rotatable bonds is 6. The lowest BCUT2D eigenvalue weighted by Crippen LogP contribution is -2.24. The van der Waals surface area contributed by atoms with Crippen LogP contribution in [0.25, 0.3) is 0 Å². The van der Waals surface area contributed by atoms with Gasteiger partial charge in [-0.3, -0.25) is 9.59 Å². The van der Waals surface area contributed by atoms with E-state index in [1.807, 2.05) is 0 Å². The van der Waals surface area contributed by atoms with Gasteiger partial charge in [0.15, 0.2) is 0 Å². The number of nitrogens with one attached hydrogen (secondary N) is 1. The second kappa shape index (κ2) is 7.83. The molecule has 1 aliphatic rings. The van der Waals surface area contributed by atoms with Crippen molar-refractivity contribution in [3.05, 3.63) is 29.2 Å². The highest BCUT2D eigenvalue weighted by Crippen LogP contribution is 2.24. The van der Waals surface area contributed by atoms with E-state index < -0.39 is 5.25 Å². The number of halogens is 1. The van der Waals surface area contributed by atoms with Gasteiger partial charge in [0.1, 0.15) is 5.82 Å². The van der Waals surface area contributed by atoms with Crippen LogP contribution in [0.5, 0.6) is 0 Å². The molecule has 0 saturated carbocycles. The lowest BCUT2D eigenvalue weighted by atomic mass is 10.4. The molecule has 1 saturated heterocycles. The smallest absolute Gasteiger partial charge is 0.277 e. The monoisotopic (exact) mass is 381 g/mol. The zero-order valence-electron chi connectivity index (χ0n) is 13.4. The number of thioether (sulfide) groups is 1. The van der Waals surface area contributed by atoms with Crippen molar-refractivity contribution in [2.45, 2.75) is 36.8 Å². The van der Waals surface area contributed by atoms with Crippen LogP contribution in [0.4, 0.5) is 5.82 Å². The Kier molecular flexibility index (Phi) is 5.54. The minimum absolute atomic E-state index is 0.0932. The van der Waals surface area contributed by atoms with Gasteiger partial charge in [-0.2, -0.15) is 0 Å². The Hall–Kier alpha value is -2.13. The molecule has 10 heteroatoms. The average molecular weight is 382 g/mol. The number of amides is 2. The summed E-state index contributed by atoms with van der Waals surface area (Å²) in [4.78, 5) is 29.5. The molecule has 2 amide bonds. The zero-order valence-corrected chi connectivity index (χ0v) is 15.0. The van der Waals surface area contributed by atoms with Gasteiger partial charge in [-0.05, 0) is 25.5 Å². The number of hydrogen-bond donors (Lipinski definition) is 1. The molecular weight excluding hydrogens is 366 g/mol. The lowest BCUT2D eigenvalue weighted by molar-refractivity contribution is -0.128. The van der Waals surface area contributed by atoms with Crippen molar-refractivity contribution in [1.29, 1.82) is 0 Å².